The normalized spacial score (nSPS) is 13.5. The molecule has 0 saturated carbocycles. The zero-order valence-electron chi connectivity index (χ0n) is 7.02. The van der Waals surface area contributed by atoms with Crippen LogP contribution in [0.15, 0.2) is 4.42 Å². The first-order valence-corrected chi connectivity index (χ1v) is 4.16. The smallest absolute Gasteiger partial charge is 0.212 e. The molecule has 0 radical (unpaired) electrons. The van der Waals surface area contributed by atoms with E-state index < -0.39 is 0 Å². The standard InChI is InChI=1S/C8H12ClNO/c1-4-7(9)8-10-5(2)6(3)11-8/h7H,4H2,1-3H3/t7-/m0/s1. The lowest BCUT2D eigenvalue weighted by molar-refractivity contribution is 0.462. The van der Waals surface area contributed by atoms with Crippen molar-refractivity contribution >= 4 is 11.6 Å². The molecule has 0 bridgehead atoms. The maximum Gasteiger partial charge on any atom is 0.212 e. The van der Waals surface area contributed by atoms with Gasteiger partial charge in [0, 0.05) is 0 Å². The topological polar surface area (TPSA) is 26.0 Å². The number of nitrogens with zero attached hydrogens (tertiary/aromatic N) is 1. The van der Waals surface area contributed by atoms with Gasteiger partial charge in [-0.1, -0.05) is 6.92 Å². The Morgan fingerprint density at radius 1 is 1.55 bits per heavy atom. The highest BCUT2D eigenvalue weighted by Crippen LogP contribution is 2.24. The van der Waals surface area contributed by atoms with Gasteiger partial charge in [-0.2, -0.15) is 0 Å². The number of alkyl halides is 1. The molecule has 0 aliphatic heterocycles. The van der Waals surface area contributed by atoms with Crippen molar-refractivity contribution in [3.05, 3.63) is 17.3 Å². The van der Waals surface area contributed by atoms with Gasteiger partial charge in [-0.3, -0.25) is 0 Å². The second-order valence-electron chi connectivity index (χ2n) is 2.57. The fraction of sp³-hybridized carbons (Fsp3) is 0.625. The number of rotatable bonds is 2. The molecule has 1 aromatic heterocycles. The molecule has 0 N–H and O–H groups in total. The first-order chi connectivity index (χ1) is 5.15. The third-order valence-electron chi connectivity index (χ3n) is 1.67. The fourth-order valence-electron chi connectivity index (χ4n) is 0.806. The minimum Gasteiger partial charge on any atom is -0.444 e. The Hall–Kier alpha value is -0.500. The van der Waals surface area contributed by atoms with Crippen LogP contribution in [0, 0.1) is 13.8 Å². The molecule has 1 atom stereocenters. The molecule has 2 nitrogen and oxygen atoms in total. The summed E-state index contributed by atoms with van der Waals surface area (Å²) in [6.07, 6.45) is 0.848. The van der Waals surface area contributed by atoms with Crippen molar-refractivity contribution in [2.75, 3.05) is 0 Å². The van der Waals surface area contributed by atoms with Crippen molar-refractivity contribution in [3.8, 4) is 0 Å². The molecule has 0 fully saturated rings. The second-order valence-corrected chi connectivity index (χ2v) is 3.10. The Morgan fingerprint density at radius 2 is 2.18 bits per heavy atom. The molecule has 0 aliphatic carbocycles. The van der Waals surface area contributed by atoms with E-state index in [9.17, 15) is 0 Å². The van der Waals surface area contributed by atoms with Gasteiger partial charge in [0.1, 0.15) is 11.1 Å². The number of hydrogen-bond acceptors (Lipinski definition) is 2. The number of hydrogen-bond donors (Lipinski definition) is 0. The third-order valence-corrected chi connectivity index (χ3v) is 2.17. The minimum atomic E-state index is -0.0811. The maximum absolute atomic E-state index is 5.92. The summed E-state index contributed by atoms with van der Waals surface area (Å²) in [6, 6.07) is 0. The third kappa shape index (κ3) is 1.74. The highest BCUT2D eigenvalue weighted by molar-refractivity contribution is 6.20. The van der Waals surface area contributed by atoms with E-state index in [1.165, 1.54) is 0 Å². The van der Waals surface area contributed by atoms with Gasteiger partial charge in [0.25, 0.3) is 0 Å². The lowest BCUT2D eigenvalue weighted by Gasteiger charge is -1.97. The molecule has 11 heavy (non-hydrogen) atoms. The number of aryl methyl sites for hydroxylation is 2. The Labute approximate surface area is 71.6 Å². The van der Waals surface area contributed by atoms with Crippen molar-refractivity contribution in [1.29, 1.82) is 0 Å². The monoisotopic (exact) mass is 173 g/mol. The van der Waals surface area contributed by atoms with Crippen LogP contribution in [-0.4, -0.2) is 4.98 Å². The summed E-state index contributed by atoms with van der Waals surface area (Å²) in [7, 11) is 0. The molecule has 1 heterocycles. The number of halogens is 1. The molecule has 62 valence electrons. The summed E-state index contributed by atoms with van der Waals surface area (Å²) in [5.41, 5.74) is 0.930. The Bertz CT molecular complexity index is 225. The SMILES string of the molecule is CC[C@H](Cl)c1nc(C)c(C)o1. The first kappa shape index (κ1) is 8.60. The lowest BCUT2D eigenvalue weighted by atomic mass is 10.3. The van der Waals surface area contributed by atoms with Crippen LogP contribution in [0.5, 0.6) is 0 Å². The van der Waals surface area contributed by atoms with Gasteiger partial charge in [-0.05, 0) is 20.3 Å². The first-order valence-electron chi connectivity index (χ1n) is 3.73. The van der Waals surface area contributed by atoms with Crippen LogP contribution < -0.4 is 0 Å². The zero-order valence-corrected chi connectivity index (χ0v) is 7.77. The average molecular weight is 174 g/mol. The zero-order chi connectivity index (χ0) is 8.43. The molecule has 0 spiro atoms. The van der Waals surface area contributed by atoms with Crippen molar-refractivity contribution in [3.63, 3.8) is 0 Å². The summed E-state index contributed by atoms with van der Waals surface area (Å²) >= 11 is 5.92. The van der Waals surface area contributed by atoms with E-state index in [0.717, 1.165) is 17.9 Å². The highest BCUT2D eigenvalue weighted by atomic mass is 35.5. The molecule has 1 aromatic rings. The maximum atomic E-state index is 5.92. The van der Waals surface area contributed by atoms with Crippen molar-refractivity contribution in [1.82, 2.24) is 4.98 Å². The second kappa shape index (κ2) is 3.26. The average Bonchev–Trinajstić information content (AvgIpc) is 2.31. The van der Waals surface area contributed by atoms with E-state index in [2.05, 4.69) is 4.98 Å². The van der Waals surface area contributed by atoms with Crippen LogP contribution in [0.2, 0.25) is 0 Å². The molecule has 0 aromatic carbocycles. The largest absolute Gasteiger partial charge is 0.444 e. The molecular weight excluding hydrogens is 162 g/mol. The van der Waals surface area contributed by atoms with E-state index >= 15 is 0 Å². The minimum absolute atomic E-state index is 0.0811. The van der Waals surface area contributed by atoms with Gasteiger partial charge in [0.15, 0.2) is 0 Å². The molecule has 0 saturated heterocycles. The number of aromatic nitrogens is 1. The van der Waals surface area contributed by atoms with Gasteiger partial charge in [0.2, 0.25) is 5.89 Å². The Morgan fingerprint density at radius 3 is 2.55 bits per heavy atom. The predicted molar refractivity (Wildman–Crippen MR) is 44.9 cm³/mol. The van der Waals surface area contributed by atoms with Crippen molar-refractivity contribution in [2.24, 2.45) is 0 Å². The summed E-state index contributed by atoms with van der Waals surface area (Å²) in [5.74, 6) is 1.50. The van der Waals surface area contributed by atoms with Crippen LogP contribution >= 0.6 is 11.6 Å². The Kier molecular flexibility index (Phi) is 2.55. The van der Waals surface area contributed by atoms with Crippen LogP contribution in [0.1, 0.15) is 36.1 Å². The van der Waals surface area contributed by atoms with E-state index in [0.29, 0.717) is 5.89 Å². The van der Waals surface area contributed by atoms with Crippen LogP contribution in [0.3, 0.4) is 0 Å². The summed E-state index contributed by atoms with van der Waals surface area (Å²) in [4.78, 5) is 4.18. The summed E-state index contributed by atoms with van der Waals surface area (Å²) in [5, 5.41) is -0.0811. The molecular formula is C8H12ClNO. The van der Waals surface area contributed by atoms with E-state index in [1.807, 2.05) is 20.8 Å². The number of oxazole rings is 1. The van der Waals surface area contributed by atoms with Gasteiger partial charge in [-0.25, -0.2) is 4.98 Å². The summed E-state index contributed by atoms with van der Waals surface area (Å²) in [6.45, 7) is 5.82. The fourth-order valence-corrected chi connectivity index (χ4v) is 0.899. The molecule has 0 unspecified atom stereocenters. The molecule has 1 rings (SSSR count). The van der Waals surface area contributed by atoms with E-state index in [4.69, 9.17) is 16.0 Å². The van der Waals surface area contributed by atoms with E-state index in [1.54, 1.807) is 0 Å². The van der Waals surface area contributed by atoms with Crippen LogP contribution in [0.4, 0.5) is 0 Å². The van der Waals surface area contributed by atoms with Crippen molar-refractivity contribution < 1.29 is 4.42 Å². The van der Waals surface area contributed by atoms with Gasteiger partial charge in [-0.15, -0.1) is 11.6 Å². The van der Waals surface area contributed by atoms with Gasteiger partial charge < -0.3 is 4.42 Å². The van der Waals surface area contributed by atoms with Crippen LogP contribution in [0.25, 0.3) is 0 Å². The molecule has 3 heteroatoms. The quantitative estimate of drug-likeness (QED) is 0.643. The van der Waals surface area contributed by atoms with Crippen LogP contribution in [-0.2, 0) is 0 Å². The summed E-state index contributed by atoms with van der Waals surface area (Å²) < 4.78 is 5.32. The predicted octanol–water partition coefficient (Wildman–Crippen LogP) is 2.98. The highest BCUT2D eigenvalue weighted by Gasteiger charge is 2.12. The molecule has 0 aliphatic rings. The Balaban J connectivity index is 2.88. The van der Waals surface area contributed by atoms with Crippen molar-refractivity contribution in [2.45, 2.75) is 32.6 Å². The van der Waals surface area contributed by atoms with E-state index in [-0.39, 0.29) is 5.38 Å². The molecule has 0 amide bonds. The van der Waals surface area contributed by atoms with Gasteiger partial charge in [0.05, 0.1) is 5.69 Å². The lowest BCUT2D eigenvalue weighted by Crippen LogP contribution is -1.87. The van der Waals surface area contributed by atoms with Gasteiger partial charge >= 0.3 is 0 Å².